The first-order valence-electron chi connectivity index (χ1n) is 10.4. The van der Waals surface area contributed by atoms with Crippen LogP contribution >= 0.6 is 11.6 Å². The third-order valence-corrected chi connectivity index (χ3v) is 5.97. The van der Waals surface area contributed by atoms with Crippen LogP contribution in [0.15, 0.2) is 66.4 Å². The summed E-state index contributed by atoms with van der Waals surface area (Å²) < 4.78 is 11.9. The van der Waals surface area contributed by atoms with Crippen LogP contribution in [0.4, 0.5) is 5.69 Å². The Hall–Kier alpha value is -3.68. The number of nitro groups is 1. The molecule has 0 unspecified atom stereocenters. The van der Waals surface area contributed by atoms with E-state index in [1.807, 2.05) is 24.3 Å². The number of nitro benzene ring substituents is 1. The second-order valence-electron chi connectivity index (χ2n) is 7.91. The normalized spacial score (nSPS) is 16.2. The Bertz CT molecular complexity index is 1270. The predicted molar refractivity (Wildman–Crippen MR) is 124 cm³/mol. The number of benzene rings is 3. The highest BCUT2D eigenvalue weighted by Gasteiger charge is 2.33. The van der Waals surface area contributed by atoms with Gasteiger partial charge in [-0.25, -0.2) is 0 Å². The van der Waals surface area contributed by atoms with Crippen LogP contribution in [-0.2, 0) is 13.0 Å². The van der Waals surface area contributed by atoms with E-state index >= 15 is 0 Å². The highest BCUT2D eigenvalue weighted by Crippen LogP contribution is 2.42. The molecule has 166 valence electrons. The summed E-state index contributed by atoms with van der Waals surface area (Å²) in [6, 6.07) is 17.3. The topological polar surface area (TPSA) is 81.9 Å². The number of carbonyl (C=O) groups excluding carboxylic acids is 1. The average molecular weight is 463 g/mol. The van der Waals surface area contributed by atoms with Gasteiger partial charge in [0.1, 0.15) is 18.2 Å². The van der Waals surface area contributed by atoms with E-state index in [0.717, 1.165) is 18.5 Å². The van der Waals surface area contributed by atoms with E-state index in [9.17, 15) is 14.9 Å². The molecule has 0 bridgehead atoms. The van der Waals surface area contributed by atoms with E-state index in [2.05, 4.69) is 4.90 Å². The Morgan fingerprint density at radius 2 is 1.82 bits per heavy atom. The Morgan fingerprint density at radius 1 is 1.06 bits per heavy atom. The van der Waals surface area contributed by atoms with Crippen molar-refractivity contribution in [3.8, 4) is 11.5 Å². The number of rotatable bonds is 5. The van der Waals surface area contributed by atoms with Gasteiger partial charge < -0.3 is 9.47 Å². The van der Waals surface area contributed by atoms with Gasteiger partial charge in [0.2, 0.25) is 5.78 Å². The second-order valence-corrected chi connectivity index (χ2v) is 8.35. The molecule has 5 rings (SSSR count). The number of Topliss-reactive ketones (excluding diaryl/α,β-unsaturated/α-hetero) is 1. The number of halogens is 1. The maximum absolute atomic E-state index is 12.9. The van der Waals surface area contributed by atoms with Crippen molar-refractivity contribution in [1.82, 2.24) is 4.90 Å². The Balaban J connectivity index is 1.34. The lowest BCUT2D eigenvalue weighted by Crippen LogP contribution is -2.33. The van der Waals surface area contributed by atoms with Gasteiger partial charge in [-0.1, -0.05) is 23.7 Å². The Morgan fingerprint density at radius 3 is 2.55 bits per heavy atom. The van der Waals surface area contributed by atoms with Gasteiger partial charge in [-0.15, -0.1) is 0 Å². The summed E-state index contributed by atoms with van der Waals surface area (Å²) in [6.07, 6.45) is 2.44. The van der Waals surface area contributed by atoms with Crippen molar-refractivity contribution < 1.29 is 19.2 Å². The molecule has 7 nitrogen and oxygen atoms in total. The van der Waals surface area contributed by atoms with E-state index in [-0.39, 0.29) is 17.2 Å². The van der Waals surface area contributed by atoms with Gasteiger partial charge in [-0.2, -0.15) is 0 Å². The van der Waals surface area contributed by atoms with Gasteiger partial charge in [-0.3, -0.25) is 19.8 Å². The number of ketones is 1. The smallest absolute Gasteiger partial charge is 0.269 e. The van der Waals surface area contributed by atoms with Gasteiger partial charge in [0.05, 0.1) is 16.1 Å². The van der Waals surface area contributed by atoms with Crippen LogP contribution < -0.4 is 9.47 Å². The summed E-state index contributed by atoms with van der Waals surface area (Å²) in [5.74, 6) is 1.19. The Kier molecular flexibility index (Phi) is 5.58. The summed E-state index contributed by atoms with van der Waals surface area (Å²) in [5.41, 5.74) is 3.15. The molecule has 33 heavy (non-hydrogen) atoms. The fraction of sp³-hybridized carbons (Fsp3) is 0.160. The zero-order chi connectivity index (χ0) is 22.9. The van der Waals surface area contributed by atoms with E-state index in [1.54, 1.807) is 30.3 Å². The summed E-state index contributed by atoms with van der Waals surface area (Å²) in [7, 11) is 0. The summed E-state index contributed by atoms with van der Waals surface area (Å²) in [6.45, 7) is 1.84. The molecule has 0 atom stereocenters. The lowest BCUT2D eigenvalue weighted by Gasteiger charge is -2.29. The van der Waals surface area contributed by atoms with E-state index in [1.165, 1.54) is 17.7 Å². The molecule has 0 aromatic heterocycles. The molecule has 0 saturated carbocycles. The lowest BCUT2D eigenvalue weighted by atomic mass is 10.0. The number of ether oxygens (including phenoxy) is 2. The lowest BCUT2D eigenvalue weighted by molar-refractivity contribution is -0.384. The van der Waals surface area contributed by atoms with Crippen molar-refractivity contribution in [2.24, 2.45) is 0 Å². The van der Waals surface area contributed by atoms with Crippen LogP contribution in [0, 0.1) is 10.1 Å². The Labute approximate surface area is 195 Å². The van der Waals surface area contributed by atoms with Crippen LogP contribution in [0.25, 0.3) is 6.08 Å². The van der Waals surface area contributed by atoms with Crippen molar-refractivity contribution in [1.29, 1.82) is 0 Å². The van der Waals surface area contributed by atoms with Gasteiger partial charge in [0.15, 0.2) is 5.76 Å². The number of fused-ring (bicyclic) bond motifs is 3. The highest BCUT2D eigenvalue weighted by atomic mass is 35.5. The fourth-order valence-electron chi connectivity index (χ4n) is 3.93. The standard InChI is InChI=1S/C25H19ClN2O5/c26-18-5-1-16(2-6-18)11-12-27-14-21-22(32-15-27)10-9-20-24(29)23(33-25(20)21)13-17-3-7-19(8-4-17)28(30)31/h1-10,13H,11-12,14-15H2/b23-13-. The largest absolute Gasteiger partial charge is 0.478 e. The van der Waals surface area contributed by atoms with Crippen molar-refractivity contribution in [2.45, 2.75) is 13.0 Å². The molecule has 0 fully saturated rings. The first kappa shape index (κ1) is 21.2. The molecule has 3 aromatic carbocycles. The molecule has 0 amide bonds. The van der Waals surface area contributed by atoms with Crippen molar-refractivity contribution >= 4 is 29.1 Å². The number of non-ortho nitro benzene ring substituents is 1. The molecular formula is C25H19ClN2O5. The van der Waals surface area contributed by atoms with Gasteiger partial charge in [0.25, 0.3) is 5.69 Å². The zero-order valence-electron chi connectivity index (χ0n) is 17.5. The minimum Gasteiger partial charge on any atom is -0.478 e. The van der Waals surface area contributed by atoms with Gasteiger partial charge in [0, 0.05) is 30.2 Å². The molecule has 2 heterocycles. The van der Waals surface area contributed by atoms with Crippen molar-refractivity contribution in [3.05, 3.63) is 104 Å². The summed E-state index contributed by atoms with van der Waals surface area (Å²) in [4.78, 5) is 25.5. The van der Waals surface area contributed by atoms with Crippen molar-refractivity contribution in [3.63, 3.8) is 0 Å². The fourth-order valence-corrected chi connectivity index (χ4v) is 4.06. The molecule has 0 N–H and O–H groups in total. The predicted octanol–water partition coefficient (Wildman–Crippen LogP) is 5.26. The monoisotopic (exact) mass is 462 g/mol. The quantitative estimate of drug-likeness (QED) is 0.292. The highest BCUT2D eigenvalue weighted by molar-refractivity contribution is 6.30. The number of carbonyl (C=O) groups is 1. The molecule has 0 saturated heterocycles. The van der Waals surface area contributed by atoms with Crippen LogP contribution in [0.1, 0.15) is 27.0 Å². The van der Waals surface area contributed by atoms with E-state index < -0.39 is 4.92 Å². The maximum Gasteiger partial charge on any atom is 0.269 e. The molecule has 2 aliphatic heterocycles. The summed E-state index contributed by atoms with van der Waals surface area (Å²) in [5, 5.41) is 11.6. The molecule has 0 spiro atoms. The third-order valence-electron chi connectivity index (χ3n) is 5.71. The zero-order valence-corrected chi connectivity index (χ0v) is 18.2. The van der Waals surface area contributed by atoms with Gasteiger partial charge >= 0.3 is 0 Å². The molecular weight excluding hydrogens is 444 g/mol. The second kappa shape index (κ2) is 8.69. The van der Waals surface area contributed by atoms with Crippen LogP contribution in [-0.4, -0.2) is 28.9 Å². The number of hydrogen-bond donors (Lipinski definition) is 0. The molecule has 8 heteroatoms. The van der Waals surface area contributed by atoms with Crippen LogP contribution in [0.3, 0.4) is 0 Å². The van der Waals surface area contributed by atoms with Crippen molar-refractivity contribution in [2.75, 3.05) is 13.3 Å². The first-order valence-corrected chi connectivity index (χ1v) is 10.8. The van der Waals surface area contributed by atoms with Crippen LogP contribution in [0.2, 0.25) is 5.02 Å². The third kappa shape index (κ3) is 4.33. The minimum absolute atomic E-state index is 0.0102. The molecule has 3 aromatic rings. The number of hydrogen-bond acceptors (Lipinski definition) is 6. The number of nitrogens with zero attached hydrogens (tertiary/aromatic N) is 2. The molecule has 0 aliphatic carbocycles. The minimum atomic E-state index is -0.463. The maximum atomic E-state index is 12.9. The molecule has 2 aliphatic rings. The van der Waals surface area contributed by atoms with E-state index in [0.29, 0.717) is 40.9 Å². The average Bonchev–Trinajstić information content (AvgIpc) is 3.14. The van der Waals surface area contributed by atoms with Gasteiger partial charge in [-0.05, 0) is 60.0 Å². The van der Waals surface area contributed by atoms with Crippen LogP contribution in [0.5, 0.6) is 11.5 Å². The van der Waals surface area contributed by atoms with E-state index in [4.69, 9.17) is 21.1 Å². The summed E-state index contributed by atoms with van der Waals surface area (Å²) >= 11 is 5.96. The number of allylic oxidation sites excluding steroid dienone is 1. The SMILES string of the molecule is O=C1/C(=C/c2ccc([N+](=O)[O-])cc2)Oc2c1ccc1c2CN(CCc2ccc(Cl)cc2)CO1. The molecule has 0 radical (unpaired) electrons. The first-order chi connectivity index (χ1) is 16.0.